The second kappa shape index (κ2) is 10.5. The standard InChI is InChI=1S/C34H13F7N4O/c35-30-6-2-17(8-29(30)33(36,37)38)16-1-4-21-23-10-24-22-5-3-20(46-34(39,40)41)9-26(22)32(19(14-44)15-45)28(24)11-27(23)31(25(21)7-16)18(12-42)13-43/h1-7,9-11,29H,8H2. The van der Waals surface area contributed by atoms with Crippen molar-refractivity contribution in [2.24, 2.45) is 5.92 Å². The van der Waals surface area contributed by atoms with Crippen LogP contribution in [0, 0.1) is 51.2 Å². The molecule has 3 aromatic carbocycles. The zero-order valence-corrected chi connectivity index (χ0v) is 22.9. The summed E-state index contributed by atoms with van der Waals surface area (Å²) in [5, 5.41) is 39.2. The number of benzene rings is 3. The number of nitriles is 4. The van der Waals surface area contributed by atoms with E-state index in [9.17, 15) is 51.8 Å². The Morgan fingerprint density at radius 1 is 0.630 bits per heavy atom. The number of halogens is 7. The molecule has 0 spiro atoms. The number of rotatable bonds is 2. The number of ether oxygens (including phenoxy) is 1. The van der Waals surface area contributed by atoms with Crippen LogP contribution in [-0.4, -0.2) is 12.5 Å². The number of allylic oxidation sites excluding steroid dienone is 6. The first-order chi connectivity index (χ1) is 21.8. The number of hydrogen-bond donors (Lipinski definition) is 0. The molecule has 0 saturated heterocycles. The molecule has 0 N–H and O–H groups in total. The highest BCUT2D eigenvalue weighted by Crippen LogP contribution is 2.54. The number of fused-ring (bicyclic) bond motifs is 6. The molecule has 12 heteroatoms. The van der Waals surface area contributed by atoms with E-state index in [0.29, 0.717) is 38.9 Å². The fourth-order valence-electron chi connectivity index (χ4n) is 6.08. The highest BCUT2D eigenvalue weighted by atomic mass is 19.4. The van der Waals surface area contributed by atoms with Gasteiger partial charge in [0, 0.05) is 11.1 Å². The summed E-state index contributed by atoms with van der Waals surface area (Å²) in [6.45, 7) is 0. The van der Waals surface area contributed by atoms with Crippen molar-refractivity contribution in [2.45, 2.75) is 19.0 Å². The van der Waals surface area contributed by atoms with Crippen molar-refractivity contribution in [3.05, 3.63) is 105 Å². The largest absolute Gasteiger partial charge is 0.573 e. The third-order valence-corrected chi connectivity index (χ3v) is 7.97. The fraction of sp³-hybridized carbons (Fsp3) is 0.118. The fourth-order valence-corrected chi connectivity index (χ4v) is 6.08. The minimum atomic E-state index is -5.00. The third kappa shape index (κ3) is 4.78. The van der Waals surface area contributed by atoms with E-state index in [2.05, 4.69) is 4.74 Å². The molecule has 0 amide bonds. The van der Waals surface area contributed by atoms with Gasteiger partial charge < -0.3 is 4.74 Å². The number of nitrogens with zero attached hydrogens (tertiary/aromatic N) is 4. The molecule has 3 aliphatic carbocycles. The Balaban J connectivity index is 1.57. The SMILES string of the molecule is N#CC(C#N)=C1c2cc(OC(F)(F)F)ccc2-c2cc3c(cc21)C(=C(C#N)C#N)c1cc(C2=CC=C(F)C(C(F)(F)F)C2)ccc1-3. The van der Waals surface area contributed by atoms with Crippen molar-refractivity contribution in [1.82, 2.24) is 0 Å². The zero-order valence-electron chi connectivity index (χ0n) is 22.9. The van der Waals surface area contributed by atoms with Crippen LogP contribution in [-0.2, 0) is 0 Å². The van der Waals surface area contributed by atoms with Crippen LogP contribution in [0.15, 0.2) is 77.7 Å². The van der Waals surface area contributed by atoms with Crippen molar-refractivity contribution >= 4 is 16.7 Å². The summed E-state index contributed by atoms with van der Waals surface area (Å²) < 4.78 is 97.6. The van der Waals surface area contributed by atoms with Gasteiger partial charge in [-0.15, -0.1) is 13.2 Å². The van der Waals surface area contributed by atoms with Crippen LogP contribution >= 0.6 is 0 Å². The first kappa shape index (κ1) is 29.9. The monoisotopic (exact) mass is 626 g/mol. The van der Waals surface area contributed by atoms with E-state index in [1.54, 1.807) is 24.3 Å². The summed E-state index contributed by atoms with van der Waals surface area (Å²) >= 11 is 0. The lowest BCUT2D eigenvalue weighted by atomic mass is 9.87. The predicted octanol–water partition coefficient (Wildman–Crippen LogP) is 9.06. The van der Waals surface area contributed by atoms with Gasteiger partial charge in [-0.05, 0) is 98.5 Å². The maximum atomic E-state index is 14.1. The van der Waals surface area contributed by atoms with Crippen LogP contribution in [0.4, 0.5) is 30.7 Å². The molecule has 3 aromatic rings. The lowest BCUT2D eigenvalue weighted by Gasteiger charge is -2.23. The van der Waals surface area contributed by atoms with Gasteiger partial charge in [0.25, 0.3) is 0 Å². The van der Waals surface area contributed by atoms with Crippen LogP contribution in [0.25, 0.3) is 39.0 Å². The zero-order chi connectivity index (χ0) is 33.1. The van der Waals surface area contributed by atoms with E-state index in [1.165, 1.54) is 30.3 Å². The van der Waals surface area contributed by atoms with Crippen molar-refractivity contribution in [1.29, 1.82) is 21.0 Å². The van der Waals surface area contributed by atoms with Crippen molar-refractivity contribution in [3.8, 4) is 52.3 Å². The Labute approximate surface area is 255 Å². The van der Waals surface area contributed by atoms with Gasteiger partial charge in [-0.25, -0.2) is 4.39 Å². The summed E-state index contributed by atoms with van der Waals surface area (Å²) in [6.07, 6.45) is -8.48. The summed E-state index contributed by atoms with van der Waals surface area (Å²) in [7, 11) is 0. The van der Waals surface area contributed by atoms with E-state index in [4.69, 9.17) is 0 Å². The van der Waals surface area contributed by atoms with Crippen LogP contribution in [0.1, 0.15) is 34.2 Å². The topological polar surface area (TPSA) is 104 Å². The molecule has 1 unspecified atom stereocenters. The maximum absolute atomic E-state index is 14.1. The Hall–Kier alpha value is -6.11. The number of alkyl halides is 6. The van der Waals surface area contributed by atoms with Gasteiger partial charge in [-0.1, -0.05) is 24.3 Å². The second-order valence-electron chi connectivity index (χ2n) is 10.4. The summed E-state index contributed by atoms with van der Waals surface area (Å²) in [5.41, 5.74) is 2.82. The summed E-state index contributed by atoms with van der Waals surface area (Å²) in [5.74, 6) is -4.22. The van der Waals surface area contributed by atoms with E-state index < -0.39 is 42.0 Å². The van der Waals surface area contributed by atoms with Gasteiger partial charge in [-0.3, -0.25) is 0 Å². The second-order valence-corrected chi connectivity index (χ2v) is 10.4. The van der Waals surface area contributed by atoms with Gasteiger partial charge in [-0.2, -0.15) is 34.2 Å². The summed E-state index contributed by atoms with van der Waals surface area (Å²) in [4.78, 5) is 0. The molecule has 5 nitrogen and oxygen atoms in total. The molecule has 0 aromatic heterocycles. The molecule has 0 heterocycles. The molecular weight excluding hydrogens is 613 g/mol. The number of hydrogen-bond acceptors (Lipinski definition) is 5. The Morgan fingerprint density at radius 3 is 1.65 bits per heavy atom. The summed E-state index contributed by atoms with van der Waals surface area (Å²) in [6, 6.07) is 18.5. The van der Waals surface area contributed by atoms with E-state index in [1.807, 2.05) is 12.1 Å². The van der Waals surface area contributed by atoms with E-state index in [-0.39, 0.29) is 33.4 Å². The minimum Gasteiger partial charge on any atom is -0.406 e. The molecule has 1 atom stereocenters. The minimum absolute atomic E-state index is 0.0243. The average Bonchev–Trinajstić information content (AvgIpc) is 3.48. The molecule has 0 fully saturated rings. The Kier molecular flexibility index (Phi) is 6.84. The molecule has 46 heavy (non-hydrogen) atoms. The van der Waals surface area contributed by atoms with Gasteiger partial charge in [0.1, 0.15) is 52.9 Å². The molecule has 0 radical (unpaired) electrons. The van der Waals surface area contributed by atoms with Crippen LogP contribution in [0.2, 0.25) is 0 Å². The Bertz CT molecular complexity index is 2160. The molecule has 6 rings (SSSR count). The normalized spacial score (nSPS) is 15.9. The highest BCUT2D eigenvalue weighted by molar-refractivity contribution is 6.11. The third-order valence-electron chi connectivity index (χ3n) is 7.97. The molecule has 0 saturated carbocycles. The first-order valence-electron chi connectivity index (χ1n) is 13.3. The van der Waals surface area contributed by atoms with Crippen molar-refractivity contribution in [2.75, 3.05) is 0 Å². The van der Waals surface area contributed by atoms with Gasteiger partial charge in [0.05, 0.1) is 0 Å². The van der Waals surface area contributed by atoms with Crippen LogP contribution < -0.4 is 4.74 Å². The van der Waals surface area contributed by atoms with E-state index >= 15 is 0 Å². The average molecular weight is 626 g/mol. The van der Waals surface area contributed by atoms with Crippen molar-refractivity contribution in [3.63, 3.8) is 0 Å². The molecular formula is C34H13F7N4O. The van der Waals surface area contributed by atoms with Gasteiger partial charge >= 0.3 is 12.5 Å². The maximum Gasteiger partial charge on any atom is 0.573 e. The lowest BCUT2D eigenvalue weighted by Crippen LogP contribution is -2.25. The quantitative estimate of drug-likeness (QED) is 0.144. The first-order valence-corrected chi connectivity index (χ1v) is 13.3. The molecule has 224 valence electrons. The van der Waals surface area contributed by atoms with Crippen molar-refractivity contribution < 1.29 is 35.5 Å². The Morgan fingerprint density at radius 2 is 1.13 bits per heavy atom. The molecule has 0 aliphatic heterocycles. The van der Waals surface area contributed by atoms with Crippen LogP contribution in [0.5, 0.6) is 5.75 Å². The van der Waals surface area contributed by atoms with E-state index in [0.717, 1.165) is 18.2 Å². The smallest absolute Gasteiger partial charge is 0.406 e. The van der Waals surface area contributed by atoms with Gasteiger partial charge in [0.2, 0.25) is 0 Å². The lowest BCUT2D eigenvalue weighted by molar-refractivity contribution is -0.274. The molecule has 3 aliphatic rings. The predicted molar refractivity (Wildman–Crippen MR) is 150 cm³/mol. The molecule has 0 bridgehead atoms. The van der Waals surface area contributed by atoms with Gasteiger partial charge in [0.15, 0.2) is 0 Å². The highest BCUT2D eigenvalue weighted by Gasteiger charge is 2.44. The van der Waals surface area contributed by atoms with Crippen LogP contribution in [0.3, 0.4) is 0 Å².